The molecule has 0 atom stereocenters. The molecule has 0 spiro atoms. The fraction of sp³-hybridized carbons (Fsp3) is 0.125. The Morgan fingerprint density at radius 1 is 1.21 bits per heavy atom. The van der Waals surface area contributed by atoms with Crippen LogP contribution < -0.4 is 10.1 Å². The molecule has 0 saturated heterocycles. The molecule has 0 fully saturated rings. The molecule has 0 unspecified atom stereocenters. The molecule has 1 amide bonds. The highest BCUT2D eigenvalue weighted by atomic mass is 19.4. The SMILES string of the molecule is COc1ccc(-c2nc3ccccc3o2)cc1NC(=O)C(F)(F)F. The van der Waals surface area contributed by atoms with Gasteiger partial charge in [-0.25, -0.2) is 4.98 Å². The molecule has 0 aliphatic heterocycles. The van der Waals surface area contributed by atoms with E-state index in [1.165, 1.54) is 19.2 Å². The maximum atomic E-state index is 12.4. The van der Waals surface area contributed by atoms with Gasteiger partial charge in [-0.1, -0.05) is 12.1 Å². The van der Waals surface area contributed by atoms with Gasteiger partial charge >= 0.3 is 12.1 Å². The number of methoxy groups -OCH3 is 1. The van der Waals surface area contributed by atoms with E-state index in [-0.39, 0.29) is 17.3 Å². The molecule has 3 aromatic rings. The van der Waals surface area contributed by atoms with E-state index < -0.39 is 12.1 Å². The zero-order chi connectivity index (χ0) is 17.3. The number of hydrogen-bond acceptors (Lipinski definition) is 4. The Bertz CT molecular complexity index is 870. The van der Waals surface area contributed by atoms with Gasteiger partial charge in [-0.3, -0.25) is 4.79 Å². The number of amides is 1. The Hall–Kier alpha value is -3.03. The normalized spacial score (nSPS) is 11.5. The van der Waals surface area contributed by atoms with Gasteiger partial charge in [0.05, 0.1) is 12.8 Å². The van der Waals surface area contributed by atoms with Gasteiger partial charge in [-0.15, -0.1) is 0 Å². The summed E-state index contributed by atoms with van der Waals surface area (Å²) in [5.41, 5.74) is 1.44. The predicted molar refractivity (Wildman–Crippen MR) is 80.7 cm³/mol. The molecule has 5 nitrogen and oxygen atoms in total. The van der Waals surface area contributed by atoms with E-state index in [1.54, 1.807) is 35.6 Å². The van der Waals surface area contributed by atoms with Crippen LogP contribution in [0.25, 0.3) is 22.6 Å². The van der Waals surface area contributed by atoms with E-state index in [0.29, 0.717) is 16.7 Å². The molecule has 1 heterocycles. The van der Waals surface area contributed by atoms with Crippen molar-refractivity contribution >= 4 is 22.7 Å². The molecule has 3 rings (SSSR count). The average Bonchev–Trinajstić information content (AvgIpc) is 2.98. The quantitative estimate of drug-likeness (QED) is 0.785. The summed E-state index contributed by atoms with van der Waals surface area (Å²) in [6, 6.07) is 11.4. The largest absolute Gasteiger partial charge is 0.495 e. The molecule has 0 aliphatic rings. The second kappa shape index (κ2) is 5.88. The number of benzene rings is 2. The van der Waals surface area contributed by atoms with Crippen molar-refractivity contribution < 1.29 is 27.1 Å². The number of halogens is 3. The van der Waals surface area contributed by atoms with Crippen molar-refractivity contribution in [2.45, 2.75) is 6.18 Å². The van der Waals surface area contributed by atoms with E-state index in [2.05, 4.69) is 4.98 Å². The van der Waals surface area contributed by atoms with Gasteiger partial charge in [-0.05, 0) is 30.3 Å². The van der Waals surface area contributed by atoms with Crippen LogP contribution >= 0.6 is 0 Å². The summed E-state index contributed by atoms with van der Waals surface area (Å²) in [6.45, 7) is 0. The summed E-state index contributed by atoms with van der Waals surface area (Å²) in [7, 11) is 1.29. The van der Waals surface area contributed by atoms with Gasteiger partial charge in [0.2, 0.25) is 5.89 Å². The van der Waals surface area contributed by atoms with Gasteiger partial charge in [-0.2, -0.15) is 13.2 Å². The molecule has 1 aromatic heterocycles. The number of carbonyl (C=O) groups excluding carboxylic acids is 1. The summed E-state index contributed by atoms with van der Waals surface area (Å²) in [5.74, 6) is -1.77. The number of carbonyl (C=O) groups is 1. The van der Waals surface area contributed by atoms with Crippen molar-refractivity contribution in [2.24, 2.45) is 0 Å². The Morgan fingerprint density at radius 3 is 2.62 bits per heavy atom. The number of anilines is 1. The zero-order valence-corrected chi connectivity index (χ0v) is 12.3. The van der Waals surface area contributed by atoms with E-state index in [1.807, 2.05) is 0 Å². The van der Waals surface area contributed by atoms with Gasteiger partial charge in [0, 0.05) is 5.56 Å². The molecule has 0 aliphatic carbocycles. The summed E-state index contributed by atoms with van der Waals surface area (Å²) in [6.07, 6.45) is -5.00. The highest BCUT2D eigenvalue weighted by Crippen LogP contribution is 2.32. The van der Waals surface area contributed by atoms with E-state index >= 15 is 0 Å². The highest BCUT2D eigenvalue weighted by molar-refractivity contribution is 5.96. The number of nitrogens with one attached hydrogen (secondary N) is 1. The Morgan fingerprint density at radius 2 is 1.96 bits per heavy atom. The third kappa shape index (κ3) is 3.03. The summed E-state index contributed by atoms with van der Waals surface area (Å²) < 4.78 is 47.9. The third-order valence-electron chi connectivity index (χ3n) is 3.25. The number of oxazole rings is 1. The number of para-hydroxylation sites is 2. The number of fused-ring (bicyclic) bond motifs is 1. The molecule has 2 aromatic carbocycles. The molecular weight excluding hydrogens is 325 g/mol. The van der Waals surface area contributed by atoms with Gasteiger partial charge in [0.15, 0.2) is 5.58 Å². The first-order valence-corrected chi connectivity index (χ1v) is 6.80. The summed E-state index contributed by atoms with van der Waals surface area (Å²) >= 11 is 0. The second-order valence-electron chi connectivity index (χ2n) is 4.85. The minimum absolute atomic E-state index is 0.0902. The lowest BCUT2D eigenvalue weighted by Crippen LogP contribution is -2.30. The Labute approximate surface area is 134 Å². The smallest absolute Gasteiger partial charge is 0.471 e. The standard InChI is InChI=1S/C16H11F3N2O3/c1-23-12-7-6-9(8-11(12)21-15(22)16(17,18)19)14-20-10-4-2-3-5-13(10)24-14/h2-8H,1H3,(H,21,22). The number of aromatic nitrogens is 1. The first-order valence-electron chi connectivity index (χ1n) is 6.80. The number of nitrogens with zero attached hydrogens (tertiary/aromatic N) is 1. The van der Waals surface area contributed by atoms with Crippen LogP contribution in [0.3, 0.4) is 0 Å². The first kappa shape index (κ1) is 15.9. The fourth-order valence-electron chi connectivity index (χ4n) is 2.13. The van der Waals surface area contributed by atoms with Crippen molar-refractivity contribution in [1.82, 2.24) is 4.98 Å². The first-order chi connectivity index (χ1) is 11.4. The predicted octanol–water partition coefficient (Wildman–Crippen LogP) is 4.00. The fourth-order valence-corrected chi connectivity index (χ4v) is 2.13. The van der Waals surface area contributed by atoms with E-state index in [0.717, 1.165) is 0 Å². The summed E-state index contributed by atoms with van der Waals surface area (Å²) in [4.78, 5) is 15.4. The Balaban J connectivity index is 2.00. The van der Waals surface area contributed by atoms with Crippen molar-refractivity contribution in [3.63, 3.8) is 0 Å². The molecule has 124 valence electrons. The van der Waals surface area contributed by atoms with Crippen LogP contribution in [0.15, 0.2) is 46.9 Å². The third-order valence-corrected chi connectivity index (χ3v) is 3.25. The maximum Gasteiger partial charge on any atom is 0.471 e. The van der Waals surface area contributed by atoms with Crippen LogP contribution in [0.4, 0.5) is 18.9 Å². The van der Waals surface area contributed by atoms with Crippen LogP contribution in [-0.2, 0) is 4.79 Å². The maximum absolute atomic E-state index is 12.4. The topological polar surface area (TPSA) is 64.4 Å². The summed E-state index contributed by atoms with van der Waals surface area (Å²) in [5, 5.41) is 1.79. The number of hydrogen-bond donors (Lipinski definition) is 1. The molecule has 1 N–H and O–H groups in total. The molecule has 0 radical (unpaired) electrons. The molecule has 24 heavy (non-hydrogen) atoms. The van der Waals surface area contributed by atoms with E-state index in [9.17, 15) is 18.0 Å². The van der Waals surface area contributed by atoms with Gasteiger partial charge in [0.1, 0.15) is 11.3 Å². The van der Waals surface area contributed by atoms with Crippen LogP contribution in [0, 0.1) is 0 Å². The van der Waals surface area contributed by atoms with Crippen molar-refractivity contribution in [1.29, 1.82) is 0 Å². The molecule has 8 heteroatoms. The van der Waals surface area contributed by atoms with Crippen molar-refractivity contribution in [3.8, 4) is 17.2 Å². The molecular formula is C16H11F3N2O3. The zero-order valence-electron chi connectivity index (χ0n) is 12.3. The highest BCUT2D eigenvalue weighted by Gasteiger charge is 2.39. The lowest BCUT2D eigenvalue weighted by Gasteiger charge is -2.12. The lowest BCUT2D eigenvalue weighted by atomic mass is 10.2. The van der Waals surface area contributed by atoms with Gasteiger partial charge < -0.3 is 14.5 Å². The van der Waals surface area contributed by atoms with Crippen LogP contribution in [0.5, 0.6) is 5.75 Å². The van der Waals surface area contributed by atoms with Crippen LogP contribution in [0.2, 0.25) is 0 Å². The van der Waals surface area contributed by atoms with Crippen LogP contribution in [-0.4, -0.2) is 24.2 Å². The minimum Gasteiger partial charge on any atom is -0.495 e. The van der Waals surface area contributed by atoms with Crippen molar-refractivity contribution in [2.75, 3.05) is 12.4 Å². The monoisotopic (exact) mass is 336 g/mol. The Kier molecular flexibility index (Phi) is 3.88. The average molecular weight is 336 g/mol. The van der Waals surface area contributed by atoms with Crippen LogP contribution in [0.1, 0.15) is 0 Å². The van der Waals surface area contributed by atoms with Gasteiger partial charge in [0.25, 0.3) is 0 Å². The number of rotatable bonds is 3. The van der Waals surface area contributed by atoms with Crippen molar-refractivity contribution in [3.05, 3.63) is 42.5 Å². The molecule has 0 bridgehead atoms. The number of ether oxygens (including phenoxy) is 1. The van der Waals surface area contributed by atoms with E-state index in [4.69, 9.17) is 9.15 Å². The minimum atomic E-state index is -5.00. The second-order valence-corrected chi connectivity index (χ2v) is 4.85. The lowest BCUT2D eigenvalue weighted by molar-refractivity contribution is -0.167. The number of alkyl halides is 3. The molecule has 0 saturated carbocycles.